The molecule has 1 aliphatic carbocycles. The van der Waals surface area contributed by atoms with Gasteiger partial charge in [-0.05, 0) is 60.2 Å². The van der Waals surface area contributed by atoms with Crippen molar-refractivity contribution in [3.05, 3.63) is 64.2 Å². The number of hydrogen-bond acceptors (Lipinski definition) is 4. The van der Waals surface area contributed by atoms with Crippen LogP contribution < -0.4 is 5.32 Å². The van der Waals surface area contributed by atoms with Crippen LogP contribution in [0.25, 0.3) is 0 Å². The third-order valence-electron chi connectivity index (χ3n) is 7.57. The number of fused-ring (bicyclic) bond motifs is 1. The number of benzene rings is 2. The molecule has 1 aliphatic heterocycles. The van der Waals surface area contributed by atoms with Gasteiger partial charge >= 0.3 is 6.18 Å². The number of carbonyl (C=O) groups excluding carboxylic acids is 1. The fraction of sp³-hybridized carbons (Fsp3) is 0.500. The molecular formula is C26H30ClF3N2O3S. The Morgan fingerprint density at radius 2 is 1.72 bits per heavy atom. The van der Waals surface area contributed by atoms with Gasteiger partial charge in [-0.2, -0.15) is 13.2 Å². The van der Waals surface area contributed by atoms with Crippen molar-refractivity contribution in [3.63, 3.8) is 0 Å². The molecule has 196 valence electrons. The van der Waals surface area contributed by atoms with Crippen LogP contribution in [0.1, 0.15) is 49.4 Å². The van der Waals surface area contributed by atoms with E-state index in [2.05, 4.69) is 19.2 Å². The Labute approximate surface area is 214 Å². The lowest BCUT2D eigenvalue weighted by molar-refractivity contribution is -0.190. The number of anilines is 1. The second kappa shape index (κ2) is 9.56. The highest BCUT2D eigenvalue weighted by Gasteiger charge is 2.47. The molecule has 2 aliphatic rings. The lowest BCUT2D eigenvalue weighted by atomic mass is 9.83. The maximum absolute atomic E-state index is 14.1. The lowest BCUT2D eigenvalue weighted by Crippen LogP contribution is -2.44. The molecular weight excluding hydrogens is 513 g/mol. The van der Waals surface area contributed by atoms with E-state index in [1.165, 1.54) is 17.7 Å². The molecule has 2 aromatic carbocycles. The Morgan fingerprint density at radius 1 is 1.11 bits per heavy atom. The third-order valence-corrected chi connectivity index (χ3v) is 9.52. The molecule has 0 spiro atoms. The summed E-state index contributed by atoms with van der Waals surface area (Å²) in [6, 6.07) is 9.73. The van der Waals surface area contributed by atoms with Crippen LogP contribution in [0, 0.1) is 5.92 Å². The summed E-state index contributed by atoms with van der Waals surface area (Å²) in [7, 11) is -2.09. The summed E-state index contributed by atoms with van der Waals surface area (Å²) < 4.78 is 65.6. The number of amides is 1. The van der Waals surface area contributed by atoms with Crippen LogP contribution in [0.2, 0.25) is 5.02 Å². The van der Waals surface area contributed by atoms with Crippen LogP contribution in [-0.4, -0.2) is 50.0 Å². The number of nitrogens with zero attached hydrogens (tertiary/aromatic N) is 1. The fourth-order valence-corrected chi connectivity index (χ4v) is 7.09. The first-order chi connectivity index (χ1) is 16.7. The smallest absolute Gasteiger partial charge is 0.381 e. The second-order valence-electron chi connectivity index (χ2n) is 10.4. The van der Waals surface area contributed by atoms with Crippen LogP contribution >= 0.6 is 11.6 Å². The molecule has 36 heavy (non-hydrogen) atoms. The number of carbonyl (C=O) groups is 1. The van der Waals surface area contributed by atoms with Gasteiger partial charge in [-0.1, -0.05) is 43.6 Å². The summed E-state index contributed by atoms with van der Waals surface area (Å²) in [5, 5.41) is 4.12. The molecule has 2 aromatic rings. The summed E-state index contributed by atoms with van der Waals surface area (Å²) in [6.07, 6.45) is -3.86. The maximum Gasteiger partial charge on any atom is 0.413 e. The van der Waals surface area contributed by atoms with E-state index in [9.17, 15) is 26.4 Å². The van der Waals surface area contributed by atoms with E-state index in [0.29, 0.717) is 15.6 Å². The van der Waals surface area contributed by atoms with Gasteiger partial charge in [0.25, 0.3) is 0 Å². The molecule has 1 saturated heterocycles. The van der Waals surface area contributed by atoms with E-state index in [1.54, 1.807) is 12.1 Å². The summed E-state index contributed by atoms with van der Waals surface area (Å²) in [4.78, 5) is 13.6. The molecule has 1 unspecified atom stereocenters. The first-order valence-corrected chi connectivity index (χ1v) is 14.1. The summed E-state index contributed by atoms with van der Waals surface area (Å²) in [5.41, 5.74) is 2.77. The van der Waals surface area contributed by atoms with Gasteiger partial charge in [0.1, 0.15) is 9.84 Å². The van der Waals surface area contributed by atoms with Crippen LogP contribution in [0.3, 0.4) is 0 Å². The fourth-order valence-electron chi connectivity index (χ4n) is 5.40. The Hall–Kier alpha value is -2.26. The monoisotopic (exact) mass is 542 g/mol. The molecule has 0 bridgehead atoms. The van der Waals surface area contributed by atoms with Crippen molar-refractivity contribution in [2.75, 3.05) is 23.9 Å². The molecule has 1 fully saturated rings. The van der Waals surface area contributed by atoms with Crippen molar-refractivity contribution in [1.82, 2.24) is 4.90 Å². The number of halogens is 4. The highest BCUT2D eigenvalue weighted by molar-refractivity contribution is 7.91. The highest BCUT2D eigenvalue weighted by Crippen LogP contribution is 2.42. The van der Waals surface area contributed by atoms with E-state index < -0.39 is 33.9 Å². The van der Waals surface area contributed by atoms with Gasteiger partial charge in [0.15, 0.2) is 6.04 Å². The minimum Gasteiger partial charge on any atom is -0.381 e. The zero-order valence-electron chi connectivity index (χ0n) is 20.4. The van der Waals surface area contributed by atoms with Crippen molar-refractivity contribution < 1.29 is 26.4 Å². The second-order valence-corrected chi connectivity index (χ2v) is 13.1. The van der Waals surface area contributed by atoms with E-state index in [1.807, 2.05) is 18.2 Å². The number of hydrogen-bond donors (Lipinski definition) is 1. The third kappa shape index (κ3) is 5.37. The van der Waals surface area contributed by atoms with Gasteiger partial charge in [0.2, 0.25) is 5.91 Å². The molecule has 0 radical (unpaired) electrons. The van der Waals surface area contributed by atoms with Crippen LogP contribution in [-0.2, 0) is 26.5 Å². The van der Waals surface area contributed by atoms with Gasteiger partial charge < -0.3 is 10.2 Å². The lowest BCUT2D eigenvalue weighted by Gasteiger charge is -2.34. The predicted octanol–water partition coefficient (Wildman–Crippen LogP) is 5.54. The highest BCUT2D eigenvalue weighted by atomic mass is 35.5. The minimum atomic E-state index is -4.69. The molecule has 4 rings (SSSR count). The van der Waals surface area contributed by atoms with Gasteiger partial charge in [-0.15, -0.1) is 0 Å². The number of nitrogens with one attached hydrogen (secondary N) is 1. The Bertz CT molecular complexity index is 1230. The summed E-state index contributed by atoms with van der Waals surface area (Å²) >= 11 is 6.15. The molecule has 10 heteroatoms. The zero-order valence-corrected chi connectivity index (χ0v) is 22.0. The van der Waals surface area contributed by atoms with Gasteiger partial charge in [-0.25, -0.2) is 8.42 Å². The molecule has 1 heterocycles. The standard InChI is InChI=1S/C26H30ClF3N2O3S/c1-25(2)21-9-6-19(27)14-18(21)15-22(25)31-20-7-4-16(5-8-20)23(26(28,29)30)32(3)24(33)17-10-12-36(34,35)13-11-17/h4-9,14,17,22-23,31H,10-13,15H2,1-3H3/t22?,23-/m0/s1. The number of sulfone groups is 1. The van der Waals surface area contributed by atoms with Crippen LogP contribution in [0.15, 0.2) is 42.5 Å². The largest absolute Gasteiger partial charge is 0.413 e. The molecule has 5 nitrogen and oxygen atoms in total. The van der Waals surface area contributed by atoms with Crippen molar-refractivity contribution in [3.8, 4) is 0 Å². The maximum atomic E-state index is 14.1. The average Bonchev–Trinajstić information content (AvgIpc) is 3.02. The molecule has 1 N–H and O–H groups in total. The topological polar surface area (TPSA) is 66.5 Å². The van der Waals surface area contributed by atoms with Crippen molar-refractivity contribution >= 4 is 33.0 Å². The number of alkyl halides is 3. The van der Waals surface area contributed by atoms with Gasteiger partial charge in [-0.3, -0.25) is 4.79 Å². The SMILES string of the molecule is CN(C(=O)C1CCS(=O)(=O)CC1)[C@@H](c1ccc(NC2Cc3cc(Cl)ccc3C2(C)C)cc1)C(F)(F)F. The van der Waals surface area contributed by atoms with Gasteiger partial charge in [0, 0.05) is 35.1 Å². The molecule has 2 atom stereocenters. The molecule has 1 amide bonds. The quantitative estimate of drug-likeness (QED) is 0.538. The van der Waals surface area contributed by atoms with E-state index in [4.69, 9.17) is 11.6 Å². The predicted molar refractivity (Wildman–Crippen MR) is 135 cm³/mol. The van der Waals surface area contributed by atoms with Crippen LogP contribution in [0.5, 0.6) is 0 Å². The Balaban J connectivity index is 1.50. The van der Waals surface area contributed by atoms with Crippen molar-refractivity contribution in [2.24, 2.45) is 5.92 Å². The first kappa shape index (κ1) is 26.8. The van der Waals surface area contributed by atoms with E-state index in [0.717, 1.165) is 19.0 Å². The zero-order chi connectivity index (χ0) is 26.5. The molecule has 0 aromatic heterocycles. The minimum absolute atomic E-state index is 0.0297. The van der Waals surface area contributed by atoms with Crippen molar-refractivity contribution in [1.29, 1.82) is 0 Å². The normalized spacial score (nSPS) is 22.0. The summed E-state index contributed by atoms with van der Waals surface area (Å²) in [5.74, 6) is -1.77. The number of rotatable bonds is 5. The van der Waals surface area contributed by atoms with E-state index in [-0.39, 0.29) is 41.4 Å². The summed E-state index contributed by atoms with van der Waals surface area (Å²) in [6.45, 7) is 4.24. The average molecular weight is 543 g/mol. The first-order valence-electron chi connectivity index (χ1n) is 11.9. The van der Waals surface area contributed by atoms with Crippen molar-refractivity contribution in [2.45, 2.75) is 56.8 Å². The molecule has 0 saturated carbocycles. The van der Waals surface area contributed by atoms with E-state index >= 15 is 0 Å². The van der Waals surface area contributed by atoms with Gasteiger partial charge in [0.05, 0.1) is 11.5 Å². The Morgan fingerprint density at radius 3 is 2.31 bits per heavy atom. The Kier molecular flexibility index (Phi) is 7.11. The van der Waals surface area contributed by atoms with Crippen LogP contribution in [0.4, 0.5) is 18.9 Å².